The van der Waals surface area contributed by atoms with Gasteiger partial charge in [-0.15, -0.1) is 0 Å². The van der Waals surface area contributed by atoms with Crippen molar-refractivity contribution in [3.63, 3.8) is 0 Å². The van der Waals surface area contributed by atoms with Crippen molar-refractivity contribution in [2.45, 2.75) is 52.2 Å². The quantitative estimate of drug-likeness (QED) is 0.917. The van der Waals surface area contributed by atoms with Crippen molar-refractivity contribution in [2.75, 3.05) is 6.54 Å². The minimum atomic E-state index is -0.511. The van der Waals surface area contributed by atoms with Gasteiger partial charge in [0.05, 0.1) is 29.2 Å². The second-order valence-electron chi connectivity index (χ2n) is 6.86. The monoisotopic (exact) mass is 318 g/mol. The minimum absolute atomic E-state index is 0.0900. The largest absolute Gasteiger partial charge is 0.444 e. The number of aromatic nitrogens is 3. The van der Waals surface area contributed by atoms with Crippen molar-refractivity contribution in [1.82, 2.24) is 20.3 Å². The Morgan fingerprint density at radius 2 is 2.26 bits per heavy atom. The summed E-state index contributed by atoms with van der Waals surface area (Å²) in [5.74, 6) is 0.655. The number of hydrogen-bond donors (Lipinski definition) is 1. The van der Waals surface area contributed by atoms with Crippen LogP contribution in [-0.2, 0) is 4.74 Å². The molecule has 0 radical (unpaired) electrons. The van der Waals surface area contributed by atoms with Crippen LogP contribution in [0.25, 0.3) is 11.3 Å². The predicted molar refractivity (Wildman–Crippen MR) is 83.7 cm³/mol. The van der Waals surface area contributed by atoms with E-state index in [9.17, 15) is 4.79 Å². The molecule has 0 spiro atoms. The van der Waals surface area contributed by atoms with Crippen molar-refractivity contribution in [1.29, 1.82) is 0 Å². The molecule has 1 unspecified atom stereocenters. The van der Waals surface area contributed by atoms with E-state index in [4.69, 9.17) is 9.26 Å². The number of amides is 1. The number of aryl methyl sites for hydroxylation is 1. The van der Waals surface area contributed by atoms with E-state index in [-0.39, 0.29) is 12.1 Å². The van der Waals surface area contributed by atoms with Gasteiger partial charge < -0.3 is 9.26 Å². The van der Waals surface area contributed by atoms with Gasteiger partial charge >= 0.3 is 6.09 Å². The lowest BCUT2D eigenvalue weighted by Crippen LogP contribution is -2.36. The van der Waals surface area contributed by atoms with Crippen LogP contribution in [0.5, 0.6) is 0 Å². The minimum Gasteiger partial charge on any atom is -0.444 e. The Hall–Kier alpha value is -2.31. The first-order valence-corrected chi connectivity index (χ1v) is 7.82. The molecular formula is C16H22N4O3. The number of ether oxygens (including phenoxy) is 1. The van der Waals surface area contributed by atoms with E-state index in [1.54, 1.807) is 11.1 Å². The summed E-state index contributed by atoms with van der Waals surface area (Å²) >= 11 is 0. The van der Waals surface area contributed by atoms with Gasteiger partial charge in [-0.2, -0.15) is 5.10 Å². The Balaban J connectivity index is 1.87. The molecule has 1 fully saturated rings. The van der Waals surface area contributed by atoms with Crippen molar-refractivity contribution in [3.05, 3.63) is 23.7 Å². The van der Waals surface area contributed by atoms with Gasteiger partial charge in [-0.3, -0.25) is 10.00 Å². The van der Waals surface area contributed by atoms with Gasteiger partial charge in [0.15, 0.2) is 5.76 Å². The molecule has 23 heavy (non-hydrogen) atoms. The topological polar surface area (TPSA) is 84.2 Å². The summed E-state index contributed by atoms with van der Waals surface area (Å²) in [6.07, 6.45) is 3.20. The number of nitrogens with one attached hydrogen (secondary N) is 1. The average Bonchev–Trinajstić information content (AvgIpc) is 3.15. The molecular weight excluding hydrogens is 296 g/mol. The third kappa shape index (κ3) is 3.23. The van der Waals surface area contributed by atoms with Crippen LogP contribution in [-0.4, -0.2) is 38.5 Å². The van der Waals surface area contributed by atoms with Gasteiger partial charge in [0.2, 0.25) is 0 Å². The highest BCUT2D eigenvalue weighted by atomic mass is 16.6. The summed E-state index contributed by atoms with van der Waals surface area (Å²) in [4.78, 5) is 14.2. The number of likely N-dealkylation sites (tertiary alicyclic amines) is 1. The molecule has 2 aromatic rings. The van der Waals surface area contributed by atoms with E-state index in [1.807, 2.05) is 33.8 Å². The van der Waals surface area contributed by atoms with E-state index < -0.39 is 5.60 Å². The maximum atomic E-state index is 12.5. The van der Waals surface area contributed by atoms with E-state index in [1.165, 1.54) is 0 Å². The second-order valence-corrected chi connectivity index (χ2v) is 6.86. The van der Waals surface area contributed by atoms with Crippen LogP contribution in [0.2, 0.25) is 0 Å². The van der Waals surface area contributed by atoms with Crippen LogP contribution in [0.4, 0.5) is 4.79 Å². The molecule has 7 nitrogen and oxygen atoms in total. The fourth-order valence-electron chi connectivity index (χ4n) is 2.84. The fourth-order valence-corrected chi connectivity index (χ4v) is 2.84. The van der Waals surface area contributed by atoms with E-state index in [2.05, 4.69) is 15.4 Å². The summed E-state index contributed by atoms with van der Waals surface area (Å²) in [5, 5.41) is 11.1. The summed E-state index contributed by atoms with van der Waals surface area (Å²) in [6.45, 7) is 8.15. The number of hydrogen-bond acceptors (Lipinski definition) is 5. The Morgan fingerprint density at radius 1 is 1.48 bits per heavy atom. The molecule has 1 aliphatic heterocycles. The lowest BCUT2D eigenvalue weighted by molar-refractivity contribution is 0.0222. The molecule has 1 aliphatic rings. The molecule has 2 aromatic heterocycles. The number of carbonyl (C=O) groups is 1. The average molecular weight is 318 g/mol. The maximum absolute atomic E-state index is 12.5. The van der Waals surface area contributed by atoms with Gasteiger partial charge in [0.1, 0.15) is 5.60 Å². The standard InChI is InChI=1S/C16H22N4O3/c1-10-8-13(23-19-10)11-9-17-18-14(11)12-6-5-7-20(12)15(21)22-16(2,3)4/h8-9,12H,5-7H2,1-4H3,(H,17,18). The predicted octanol–water partition coefficient (Wildman–Crippen LogP) is 3.45. The normalized spacial score (nSPS) is 18.4. The van der Waals surface area contributed by atoms with Crippen LogP contribution in [0, 0.1) is 6.92 Å². The molecule has 124 valence electrons. The van der Waals surface area contributed by atoms with Crippen LogP contribution in [0.3, 0.4) is 0 Å². The number of rotatable bonds is 2. The lowest BCUT2D eigenvalue weighted by Gasteiger charge is -2.28. The highest BCUT2D eigenvalue weighted by molar-refractivity contribution is 5.70. The molecule has 1 amide bonds. The van der Waals surface area contributed by atoms with Crippen molar-refractivity contribution >= 4 is 6.09 Å². The van der Waals surface area contributed by atoms with E-state index in [0.29, 0.717) is 12.3 Å². The van der Waals surface area contributed by atoms with E-state index in [0.717, 1.165) is 29.8 Å². The second kappa shape index (κ2) is 5.72. The smallest absolute Gasteiger partial charge is 0.410 e. The Bertz CT molecular complexity index is 698. The fraction of sp³-hybridized carbons (Fsp3) is 0.562. The molecule has 3 rings (SSSR count). The highest BCUT2D eigenvalue weighted by Crippen LogP contribution is 2.37. The van der Waals surface area contributed by atoms with Crippen molar-refractivity contribution in [2.24, 2.45) is 0 Å². The number of carbonyl (C=O) groups excluding carboxylic acids is 1. The molecule has 0 bridgehead atoms. The SMILES string of the molecule is Cc1cc(-c2cn[nH]c2C2CCCN2C(=O)OC(C)(C)C)on1. The molecule has 1 N–H and O–H groups in total. The number of nitrogens with zero attached hydrogens (tertiary/aromatic N) is 3. The van der Waals surface area contributed by atoms with Crippen LogP contribution < -0.4 is 0 Å². The van der Waals surface area contributed by atoms with Crippen molar-refractivity contribution in [3.8, 4) is 11.3 Å². The maximum Gasteiger partial charge on any atom is 0.410 e. The Morgan fingerprint density at radius 3 is 2.91 bits per heavy atom. The van der Waals surface area contributed by atoms with Gasteiger partial charge in [-0.05, 0) is 40.5 Å². The van der Waals surface area contributed by atoms with Crippen LogP contribution in [0.15, 0.2) is 16.8 Å². The number of aromatic amines is 1. The summed E-state index contributed by atoms with van der Waals surface area (Å²) in [6, 6.07) is 1.77. The zero-order valence-corrected chi connectivity index (χ0v) is 13.9. The summed E-state index contributed by atoms with van der Waals surface area (Å²) < 4.78 is 10.9. The zero-order valence-electron chi connectivity index (χ0n) is 13.9. The number of H-pyrrole nitrogens is 1. The summed E-state index contributed by atoms with van der Waals surface area (Å²) in [5.41, 5.74) is 2.00. The van der Waals surface area contributed by atoms with Gasteiger partial charge in [-0.1, -0.05) is 5.16 Å². The molecule has 1 atom stereocenters. The van der Waals surface area contributed by atoms with Crippen molar-refractivity contribution < 1.29 is 14.1 Å². The Kier molecular flexibility index (Phi) is 3.87. The van der Waals surface area contributed by atoms with Crippen LogP contribution >= 0.6 is 0 Å². The molecule has 0 aromatic carbocycles. The highest BCUT2D eigenvalue weighted by Gasteiger charge is 2.35. The lowest BCUT2D eigenvalue weighted by atomic mass is 10.1. The third-order valence-corrected chi connectivity index (χ3v) is 3.78. The first kappa shape index (κ1) is 15.6. The Labute approximate surface area is 135 Å². The van der Waals surface area contributed by atoms with Gasteiger partial charge in [0, 0.05) is 12.6 Å². The van der Waals surface area contributed by atoms with Gasteiger partial charge in [0.25, 0.3) is 0 Å². The third-order valence-electron chi connectivity index (χ3n) is 3.78. The van der Waals surface area contributed by atoms with E-state index >= 15 is 0 Å². The molecule has 0 aliphatic carbocycles. The first-order chi connectivity index (χ1) is 10.8. The molecule has 3 heterocycles. The summed E-state index contributed by atoms with van der Waals surface area (Å²) in [7, 11) is 0. The molecule has 0 saturated carbocycles. The first-order valence-electron chi connectivity index (χ1n) is 7.82. The molecule has 1 saturated heterocycles. The molecule has 7 heteroatoms. The van der Waals surface area contributed by atoms with Crippen LogP contribution in [0.1, 0.15) is 51.0 Å². The zero-order chi connectivity index (χ0) is 16.6. The van der Waals surface area contributed by atoms with Gasteiger partial charge in [-0.25, -0.2) is 4.79 Å².